The highest BCUT2D eigenvalue weighted by Gasteiger charge is 2.31. The van der Waals surface area contributed by atoms with E-state index in [0.717, 1.165) is 55.6 Å². The summed E-state index contributed by atoms with van der Waals surface area (Å²) < 4.78 is 33.5. The van der Waals surface area contributed by atoms with Gasteiger partial charge in [0.25, 0.3) is 5.91 Å². The van der Waals surface area contributed by atoms with E-state index in [-0.39, 0.29) is 13.0 Å². The summed E-state index contributed by atoms with van der Waals surface area (Å²) in [6, 6.07) is 12.8. The SMILES string of the molecule is CO[C@@H](CN(C)C(=O)OC(C)(C)C)C(=O)N[C@H](C#N)Cc1ccc(-c2ccc3cnn(C4CCN(C5COC5)CC4)c3c2)cc1F. The number of carbonyl (C=O) groups excluding carboxylic acids is 2. The van der Waals surface area contributed by atoms with Crippen molar-refractivity contribution in [1.82, 2.24) is 24.9 Å². The molecule has 11 nitrogen and oxygen atoms in total. The first-order chi connectivity index (χ1) is 22.0. The van der Waals surface area contributed by atoms with Gasteiger partial charge in [0, 0.05) is 39.1 Å². The highest BCUT2D eigenvalue weighted by molar-refractivity contribution is 5.85. The molecule has 246 valence electrons. The number of hydrogen-bond donors (Lipinski definition) is 1. The van der Waals surface area contributed by atoms with Crippen LogP contribution in [0.3, 0.4) is 0 Å². The molecule has 5 rings (SSSR count). The maximum absolute atomic E-state index is 15.4. The lowest BCUT2D eigenvalue weighted by molar-refractivity contribution is -0.132. The molecule has 2 fully saturated rings. The number of nitrogens with one attached hydrogen (secondary N) is 1. The molecule has 0 aliphatic carbocycles. The molecule has 2 saturated heterocycles. The number of rotatable bonds is 10. The molecular formula is C34H43FN6O5. The van der Waals surface area contributed by atoms with Crippen molar-refractivity contribution in [2.45, 2.75) is 69.9 Å². The number of likely N-dealkylation sites (N-methyl/N-ethyl adjacent to an activating group) is 1. The molecule has 0 unspecified atom stereocenters. The fourth-order valence-electron chi connectivity index (χ4n) is 5.87. The van der Waals surface area contributed by atoms with E-state index in [9.17, 15) is 14.9 Å². The minimum Gasteiger partial charge on any atom is -0.444 e. The van der Waals surface area contributed by atoms with Gasteiger partial charge in [0.2, 0.25) is 0 Å². The molecule has 2 aromatic carbocycles. The van der Waals surface area contributed by atoms with Crippen LogP contribution in [0.1, 0.15) is 45.2 Å². The Balaban J connectivity index is 1.22. The van der Waals surface area contributed by atoms with Gasteiger partial charge in [0.1, 0.15) is 17.5 Å². The van der Waals surface area contributed by atoms with Crippen LogP contribution < -0.4 is 5.32 Å². The summed E-state index contributed by atoms with van der Waals surface area (Å²) >= 11 is 0. The van der Waals surface area contributed by atoms with Gasteiger partial charge in [-0.25, -0.2) is 9.18 Å². The number of hydrogen-bond acceptors (Lipinski definition) is 8. The Morgan fingerprint density at radius 3 is 2.46 bits per heavy atom. The fourth-order valence-corrected chi connectivity index (χ4v) is 5.87. The Morgan fingerprint density at radius 2 is 1.85 bits per heavy atom. The topological polar surface area (TPSA) is 122 Å². The number of fused-ring (bicyclic) bond motifs is 1. The number of piperidine rings is 1. The van der Waals surface area contributed by atoms with E-state index in [2.05, 4.69) is 21.0 Å². The molecule has 0 saturated carbocycles. The van der Waals surface area contributed by atoms with Crippen molar-refractivity contribution >= 4 is 22.9 Å². The zero-order valence-electron chi connectivity index (χ0n) is 27.2. The summed E-state index contributed by atoms with van der Waals surface area (Å²) in [4.78, 5) is 29.0. The number of amides is 2. The van der Waals surface area contributed by atoms with Gasteiger partial charge >= 0.3 is 6.09 Å². The highest BCUT2D eigenvalue weighted by atomic mass is 19.1. The molecule has 2 aliphatic rings. The number of halogens is 1. The zero-order valence-corrected chi connectivity index (χ0v) is 27.2. The molecule has 0 bridgehead atoms. The average Bonchev–Trinajstić information content (AvgIpc) is 3.42. The molecule has 1 aromatic heterocycles. The van der Waals surface area contributed by atoms with Crippen LogP contribution in [-0.2, 0) is 25.4 Å². The van der Waals surface area contributed by atoms with Crippen LogP contribution in [0.4, 0.5) is 9.18 Å². The number of benzene rings is 2. The molecule has 2 aliphatic heterocycles. The third-order valence-electron chi connectivity index (χ3n) is 8.58. The summed E-state index contributed by atoms with van der Waals surface area (Å²) in [5, 5.41) is 18.1. The van der Waals surface area contributed by atoms with Crippen molar-refractivity contribution in [3.05, 3.63) is 54.0 Å². The van der Waals surface area contributed by atoms with Crippen molar-refractivity contribution in [2.24, 2.45) is 0 Å². The molecule has 2 amide bonds. The van der Waals surface area contributed by atoms with E-state index >= 15 is 4.39 Å². The van der Waals surface area contributed by atoms with Crippen LogP contribution in [0.15, 0.2) is 42.6 Å². The van der Waals surface area contributed by atoms with Gasteiger partial charge in [-0.2, -0.15) is 10.4 Å². The lowest BCUT2D eigenvalue weighted by Crippen LogP contribution is -2.51. The van der Waals surface area contributed by atoms with Crippen LogP contribution in [-0.4, -0.2) is 102 Å². The first-order valence-electron chi connectivity index (χ1n) is 15.7. The molecule has 0 spiro atoms. The summed E-state index contributed by atoms with van der Waals surface area (Å²) in [7, 11) is 2.83. The summed E-state index contributed by atoms with van der Waals surface area (Å²) in [6.07, 6.45) is 2.23. The van der Waals surface area contributed by atoms with E-state index < -0.39 is 35.6 Å². The van der Waals surface area contributed by atoms with Gasteiger partial charge < -0.3 is 24.4 Å². The second-order valence-electron chi connectivity index (χ2n) is 13.1. The summed E-state index contributed by atoms with van der Waals surface area (Å²) in [6.45, 7) is 8.83. The van der Waals surface area contributed by atoms with Crippen molar-refractivity contribution in [2.75, 3.05) is 47.0 Å². The Labute approximate surface area is 269 Å². The molecule has 3 heterocycles. The highest BCUT2D eigenvalue weighted by Crippen LogP contribution is 2.31. The average molecular weight is 635 g/mol. The van der Waals surface area contributed by atoms with Crippen LogP contribution in [0.25, 0.3) is 22.0 Å². The Bertz CT molecular complexity index is 1580. The van der Waals surface area contributed by atoms with Gasteiger partial charge in [0.05, 0.1) is 49.6 Å². The first-order valence-corrected chi connectivity index (χ1v) is 15.7. The van der Waals surface area contributed by atoms with E-state index in [1.54, 1.807) is 26.8 Å². The smallest absolute Gasteiger partial charge is 0.410 e. The lowest BCUT2D eigenvalue weighted by atomic mass is 9.99. The minimum absolute atomic E-state index is 0.0375. The fraction of sp³-hybridized carbons (Fsp3) is 0.529. The quantitative estimate of drug-likeness (QED) is 0.350. The van der Waals surface area contributed by atoms with E-state index in [0.29, 0.717) is 23.2 Å². The molecule has 12 heteroatoms. The monoisotopic (exact) mass is 634 g/mol. The Morgan fingerprint density at radius 1 is 1.15 bits per heavy atom. The minimum atomic E-state index is -1.05. The predicted molar refractivity (Wildman–Crippen MR) is 170 cm³/mol. The summed E-state index contributed by atoms with van der Waals surface area (Å²) in [5.74, 6) is -1.06. The third kappa shape index (κ3) is 7.84. The second kappa shape index (κ2) is 14.2. The number of aromatic nitrogens is 2. The molecule has 1 N–H and O–H groups in total. The molecule has 2 atom stereocenters. The van der Waals surface area contributed by atoms with Crippen molar-refractivity contribution in [3.8, 4) is 17.2 Å². The van der Waals surface area contributed by atoms with Crippen molar-refractivity contribution < 1.29 is 28.2 Å². The number of methoxy groups -OCH3 is 1. The van der Waals surface area contributed by atoms with E-state index in [4.69, 9.17) is 19.3 Å². The predicted octanol–water partition coefficient (Wildman–Crippen LogP) is 4.31. The number of nitriles is 1. The number of likely N-dealkylation sites (tertiary alicyclic amines) is 1. The molecule has 0 radical (unpaired) electrons. The van der Waals surface area contributed by atoms with Gasteiger partial charge in [-0.3, -0.25) is 14.4 Å². The third-order valence-corrected chi connectivity index (χ3v) is 8.58. The van der Waals surface area contributed by atoms with Gasteiger partial charge in [-0.15, -0.1) is 0 Å². The largest absolute Gasteiger partial charge is 0.444 e. The molecular weight excluding hydrogens is 591 g/mol. The Kier molecular flexibility index (Phi) is 10.3. The molecule has 46 heavy (non-hydrogen) atoms. The Hall–Kier alpha value is -4.05. The van der Waals surface area contributed by atoms with Gasteiger partial charge in [-0.05, 0) is 62.4 Å². The van der Waals surface area contributed by atoms with E-state index in [1.807, 2.05) is 30.5 Å². The number of nitrogens with zero attached hydrogens (tertiary/aromatic N) is 5. The molecule has 3 aromatic rings. The maximum Gasteiger partial charge on any atom is 0.410 e. The zero-order chi connectivity index (χ0) is 33.0. The standard InChI is InChI=1S/C34H43FN6O5/c1-34(2,3)46-33(43)39(4)19-31(44-5)32(42)38-26(17-36)14-24-8-6-22(15-29(24)35)23-7-9-25-18-37-41(30(25)16-23)27-10-12-40(13-11-27)28-20-45-21-28/h6-9,15-16,18,26-28,31H,10-14,19-21H2,1-5H3,(H,38,42)/t26-,31-/m0/s1. The van der Waals surface area contributed by atoms with Crippen molar-refractivity contribution in [1.29, 1.82) is 5.26 Å². The van der Waals surface area contributed by atoms with Crippen LogP contribution in [0.5, 0.6) is 0 Å². The van der Waals surface area contributed by atoms with Gasteiger partial charge in [0.15, 0.2) is 6.10 Å². The second-order valence-corrected chi connectivity index (χ2v) is 13.1. The van der Waals surface area contributed by atoms with Crippen molar-refractivity contribution in [3.63, 3.8) is 0 Å². The normalized spacial score (nSPS) is 17.6. The first kappa shape index (κ1) is 33.3. The van der Waals surface area contributed by atoms with Crippen LogP contribution in [0.2, 0.25) is 0 Å². The van der Waals surface area contributed by atoms with Crippen LogP contribution in [0, 0.1) is 17.1 Å². The maximum atomic E-state index is 15.4. The summed E-state index contributed by atoms with van der Waals surface area (Å²) in [5.41, 5.74) is 2.19. The van der Waals surface area contributed by atoms with Crippen LogP contribution >= 0.6 is 0 Å². The van der Waals surface area contributed by atoms with E-state index in [1.165, 1.54) is 25.1 Å². The van der Waals surface area contributed by atoms with Gasteiger partial charge in [-0.1, -0.05) is 24.3 Å². The number of carbonyl (C=O) groups is 2. The lowest BCUT2D eigenvalue weighted by Gasteiger charge is -2.41. The number of ether oxygens (including phenoxy) is 3.